The number of alkyl halides is 10. The standard InChI is InChI=1S/C17H8BrF10NO/c18-11-7-9(14(19,16(23,24)25)17(26,27)28)6-10(15(20,21)22)12(11)29-13(30)8-4-2-1-3-5-8/h1-7H,(H,29,30). The fraction of sp³-hybridized carbons (Fsp3) is 0.235. The van der Waals surface area contributed by atoms with Gasteiger partial charge in [0.05, 0.1) is 11.3 Å². The SMILES string of the molecule is O=C(Nc1c(Br)cc(C(F)(C(F)(F)F)C(F)(F)F)cc1C(F)(F)F)c1ccccc1. The van der Waals surface area contributed by atoms with Crippen molar-refractivity contribution in [3.63, 3.8) is 0 Å². The summed E-state index contributed by atoms with van der Waals surface area (Å²) in [6, 6.07) is 5.86. The highest BCUT2D eigenvalue weighted by molar-refractivity contribution is 9.10. The molecule has 164 valence electrons. The lowest BCUT2D eigenvalue weighted by Crippen LogP contribution is -2.50. The highest BCUT2D eigenvalue weighted by Gasteiger charge is 2.73. The van der Waals surface area contributed by atoms with Gasteiger partial charge in [0.2, 0.25) is 0 Å². The van der Waals surface area contributed by atoms with Crippen LogP contribution < -0.4 is 5.32 Å². The molecule has 30 heavy (non-hydrogen) atoms. The molecule has 2 nitrogen and oxygen atoms in total. The Morgan fingerprint density at radius 1 is 0.800 bits per heavy atom. The number of amides is 1. The van der Waals surface area contributed by atoms with Crippen LogP contribution in [0.1, 0.15) is 21.5 Å². The molecule has 2 aromatic carbocycles. The Labute approximate surface area is 170 Å². The third-order valence-electron chi connectivity index (χ3n) is 3.85. The number of carbonyl (C=O) groups is 1. The van der Waals surface area contributed by atoms with E-state index in [1.54, 1.807) is 5.32 Å². The summed E-state index contributed by atoms with van der Waals surface area (Å²) in [5.74, 6) is -1.13. The van der Waals surface area contributed by atoms with Gasteiger partial charge in [0, 0.05) is 15.6 Å². The Morgan fingerprint density at radius 3 is 1.73 bits per heavy atom. The van der Waals surface area contributed by atoms with Crippen molar-refractivity contribution in [3.8, 4) is 0 Å². The fourth-order valence-electron chi connectivity index (χ4n) is 2.42. The molecule has 0 radical (unpaired) electrons. The van der Waals surface area contributed by atoms with Gasteiger partial charge in [0.15, 0.2) is 0 Å². The van der Waals surface area contributed by atoms with Gasteiger partial charge in [0.1, 0.15) is 0 Å². The van der Waals surface area contributed by atoms with Crippen molar-refractivity contribution in [2.24, 2.45) is 0 Å². The number of benzene rings is 2. The molecule has 2 rings (SSSR count). The van der Waals surface area contributed by atoms with Crippen LogP contribution in [0, 0.1) is 0 Å². The molecule has 0 heterocycles. The zero-order valence-electron chi connectivity index (χ0n) is 14.1. The normalized spacial score (nSPS) is 13.3. The number of nitrogens with one attached hydrogen (secondary N) is 1. The maximum absolute atomic E-state index is 14.2. The second kappa shape index (κ2) is 7.75. The number of halogens is 11. The van der Waals surface area contributed by atoms with Gasteiger partial charge in [-0.1, -0.05) is 18.2 Å². The molecule has 0 aliphatic carbocycles. The Kier molecular flexibility index (Phi) is 6.19. The third-order valence-corrected chi connectivity index (χ3v) is 4.47. The van der Waals surface area contributed by atoms with E-state index in [4.69, 9.17) is 0 Å². The summed E-state index contributed by atoms with van der Waals surface area (Å²) in [4.78, 5) is 12.1. The molecule has 1 amide bonds. The van der Waals surface area contributed by atoms with Crippen LogP contribution in [0.3, 0.4) is 0 Å². The second-order valence-electron chi connectivity index (χ2n) is 5.85. The lowest BCUT2D eigenvalue weighted by Gasteiger charge is -2.31. The summed E-state index contributed by atoms with van der Waals surface area (Å²) >= 11 is 2.40. The lowest BCUT2D eigenvalue weighted by atomic mass is 9.92. The average Bonchev–Trinajstić information content (AvgIpc) is 2.60. The first-order valence-corrected chi connectivity index (χ1v) is 8.39. The zero-order valence-corrected chi connectivity index (χ0v) is 15.7. The molecule has 1 N–H and O–H groups in total. The molecule has 0 aromatic heterocycles. The predicted molar refractivity (Wildman–Crippen MR) is 88.4 cm³/mol. The summed E-state index contributed by atoms with van der Waals surface area (Å²) in [6.45, 7) is 0. The zero-order chi connectivity index (χ0) is 23.1. The maximum Gasteiger partial charge on any atom is 0.435 e. The van der Waals surface area contributed by atoms with Crippen LogP contribution in [0.4, 0.5) is 49.6 Å². The summed E-state index contributed by atoms with van der Waals surface area (Å²) in [5, 5.41) is 1.77. The molecule has 13 heteroatoms. The molecule has 0 aliphatic rings. The van der Waals surface area contributed by atoms with Gasteiger partial charge in [-0.2, -0.15) is 39.5 Å². The first-order chi connectivity index (χ1) is 13.5. The maximum atomic E-state index is 14.2. The van der Waals surface area contributed by atoms with E-state index in [2.05, 4.69) is 15.9 Å². The Balaban J connectivity index is 2.70. The number of hydrogen-bond acceptors (Lipinski definition) is 1. The molecular weight excluding hydrogens is 504 g/mol. The minimum absolute atomic E-state index is 0.114. The summed E-state index contributed by atoms with van der Waals surface area (Å²) < 4.78 is 131. The van der Waals surface area contributed by atoms with Gasteiger partial charge < -0.3 is 5.32 Å². The number of anilines is 1. The van der Waals surface area contributed by atoms with Crippen LogP contribution in [0.5, 0.6) is 0 Å². The minimum atomic E-state index is -6.61. The van der Waals surface area contributed by atoms with E-state index in [0.29, 0.717) is 0 Å². The van der Waals surface area contributed by atoms with Crippen LogP contribution in [0.2, 0.25) is 0 Å². The van der Waals surface area contributed by atoms with Crippen molar-refractivity contribution in [3.05, 3.63) is 63.6 Å². The monoisotopic (exact) mass is 511 g/mol. The van der Waals surface area contributed by atoms with Crippen LogP contribution in [0.15, 0.2) is 46.9 Å². The van der Waals surface area contributed by atoms with E-state index < -0.39 is 57.5 Å². The van der Waals surface area contributed by atoms with Gasteiger partial charge in [-0.15, -0.1) is 0 Å². The highest BCUT2D eigenvalue weighted by atomic mass is 79.9. The topological polar surface area (TPSA) is 29.1 Å². The second-order valence-corrected chi connectivity index (χ2v) is 6.71. The van der Waals surface area contributed by atoms with Gasteiger partial charge in [0.25, 0.3) is 5.91 Å². The van der Waals surface area contributed by atoms with Crippen LogP contribution in [0.25, 0.3) is 0 Å². The molecule has 0 aliphatic heterocycles. The number of rotatable bonds is 3. The van der Waals surface area contributed by atoms with E-state index in [-0.39, 0.29) is 11.6 Å². The fourth-order valence-corrected chi connectivity index (χ4v) is 2.98. The number of carbonyl (C=O) groups excluding carboxylic acids is 1. The smallest absolute Gasteiger partial charge is 0.320 e. The highest BCUT2D eigenvalue weighted by Crippen LogP contribution is 2.55. The predicted octanol–water partition coefficient (Wildman–Crippen LogP) is 7.01. The van der Waals surface area contributed by atoms with Crippen LogP contribution >= 0.6 is 15.9 Å². The van der Waals surface area contributed by atoms with Crippen molar-refractivity contribution < 1.29 is 48.7 Å². The molecule has 0 fully saturated rings. The van der Waals surface area contributed by atoms with Crippen molar-refractivity contribution in [2.45, 2.75) is 24.2 Å². The van der Waals surface area contributed by atoms with E-state index >= 15 is 0 Å². The molecule has 0 saturated carbocycles. The van der Waals surface area contributed by atoms with Gasteiger partial charge in [-0.05, 0) is 40.2 Å². The lowest BCUT2D eigenvalue weighted by molar-refractivity contribution is -0.348. The molecule has 0 spiro atoms. The van der Waals surface area contributed by atoms with E-state index in [1.165, 1.54) is 30.3 Å². The van der Waals surface area contributed by atoms with Crippen molar-refractivity contribution in [1.29, 1.82) is 0 Å². The molecule has 0 bridgehead atoms. The summed E-state index contributed by atoms with van der Waals surface area (Å²) in [6.07, 6.45) is -18.7. The van der Waals surface area contributed by atoms with Gasteiger partial charge >= 0.3 is 24.2 Å². The average molecular weight is 512 g/mol. The third kappa shape index (κ3) is 4.40. The largest absolute Gasteiger partial charge is 0.435 e. The summed E-state index contributed by atoms with van der Waals surface area (Å²) in [7, 11) is 0. The van der Waals surface area contributed by atoms with Crippen molar-refractivity contribution in [1.82, 2.24) is 0 Å². The first-order valence-electron chi connectivity index (χ1n) is 7.60. The Hall–Kier alpha value is -2.31. The first kappa shape index (κ1) is 24.0. The van der Waals surface area contributed by atoms with E-state index in [9.17, 15) is 48.7 Å². The van der Waals surface area contributed by atoms with Gasteiger partial charge in [-0.25, -0.2) is 4.39 Å². The Morgan fingerprint density at radius 2 is 1.30 bits per heavy atom. The van der Waals surface area contributed by atoms with Crippen molar-refractivity contribution in [2.75, 3.05) is 5.32 Å². The van der Waals surface area contributed by atoms with Crippen molar-refractivity contribution >= 4 is 27.5 Å². The Bertz CT molecular complexity index is 921. The molecule has 0 saturated heterocycles. The number of hydrogen-bond donors (Lipinski definition) is 1. The van der Waals surface area contributed by atoms with Crippen LogP contribution in [-0.2, 0) is 11.8 Å². The molecule has 0 unspecified atom stereocenters. The molecule has 0 atom stereocenters. The van der Waals surface area contributed by atoms with E-state index in [0.717, 1.165) is 0 Å². The van der Waals surface area contributed by atoms with Gasteiger partial charge in [-0.3, -0.25) is 4.79 Å². The van der Waals surface area contributed by atoms with E-state index in [1.807, 2.05) is 0 Å². The minimum Gasteiger partial charge on any atom is -0.320 e. The summed E-state index contributed by atoms with van der Waals surface area (Å²) in [5.41, 5.74) is -11.9. The van der Waals surface area contributed by atoms with Crippen LogP contribution in [-0.4, -0.2) is 18.3 Å². The quantitative estimate of drug-likeness (QED) is 0.441. The molecule has 2 aromatic rings. The molecular formula is C17H8BrF10NO.